The molecule has 3 rings (SSSR count). The van der Waals surface area contributed by atoms with Crippen molar-refractivity contribution in [2.24, 2.45) is 0 Å². The lowest BCUT2D eigenvalue weighted by molar-refractivity contribution is 0.0700. The third kappa shape index (κ3) is 1.85. The highest BCUT2D eigenvalue weighted by Crippen LogP contribution is 2.13. The molecule has 6 heteroatoms. The highest BCUT2D eigenvalue weighted by atomic mass is 19.1. The number of pyridine rings is 1. The van der Waals surface area contributed by atoms with Gasteiger partial charge in [0.1, 0.15) is 11.5 Å². The molecule has 5 nitrogen and oxygen atoms in total. The van der Waals surface area contributed by atoms with E-state index in [9.17, 15) is 9.18 Å². The van der Waals surface area contributed by atoms with E-state index in [2.05, 4.69) is 9.97 Å². The molecule has 18 heavy (non-hydrogen) atoms. The summed E-state index contributed by atoms with van der Waals surface area (Å²) in [4.78, 5) is 21.6. The lowest BCUT2D eigenvalue weighted by atomic mass is 10.2. The Labute approximate surface area is 103 Å². The van der Waals surface area contributed by atoms with Crippen LogP contribution in [0.15, 0.2) is 30.6 Å². The molecule has 2 aromatic rings. The predicted octanol–water partition coefficient (Wildman–Crippen LogP) is 1.07. The number of carbonyl (C=O) groups excluding carboxylic acids is 1. The molecule has 0 fully saturated rings. The Morgan fingerprint density at radius 3 is 3.06 bits per heavy atom. The van der Waals surface area contributed by atoms with Gasteiger partial charge >= 0.3 is 0 Å². The molecule has 0 saturated heterocycles. The van der Waals surface area contributed by atoms with Gasteiger partial charge in [0.05, 0.1) is 6.54 Å². The molecule has 0 spiro atoms. The van der Waals surface area contributed by atoms with Crippen molar-refractivity contribution < 1.29 is 9.18 Å². The van der Waals surface area contributed by atoms with Gasteiger partial charge in [-0.2, -0.15) is 4.39 Å². The number of hydrogen-bond donors (Lipinski definition) is 0. The van der Waals surface area contributed by atoms with Crippen LogP contribution in [0.5, 0.6) is 0 Å². The van der Waals surface area contributed by atoms with Gasteiger partial charge in [0.15, 0.2) is 0 Å². The number of rotatable bonds is 1. The summed E-state index contributed by atoms with van der Waals surface area (Å²) in [5, 5.41) is 0. The van der Waals surface area contributed by atoms with Crippen LogP contribution in [0, 0.1) is 5.95 Å². The van der Waals surface area contributed by atoms with Crippen LogP contribution in [0.1, 0.15) is 16.3 Å². The number of halogens is 1. The Bertz CT molecular complexity index is 595. The Balaban J connectivity index is 1.83. The maximum atomic E-state index is 13.0. The molecule has 1 aliphatic heterocycles. The second-order valence-electron chi connectivity index (χ2n) is 4.11. The topological polar surface area (TPSA) is 51.0 Å². The summed E-state index contributed by atoms with van der Waals surface area (Å²) in [5.74, 6) is -0.0610. The standard InChI is InChI=1S/C12H11FN4O/c13-10-3-1-2-9(15-10)12(18)17-7-6-16-5-4-14-11(16)8-17/h1-5H,6-8H2. The molecule has 1 aliphatic rings. The molecule has 1 amide bonds. The van der Waals surface area contributed by atoms with E-state index in [1.54, 1.807) is 11.1 Å². The molecule has 0 aliphatic carbocycles. The summed E-state index contributed by atoms with van der Waals surface area (Å²) < 4.78 is 15.0. The first-order valence-electron chi connectivity index (χ1n) is 5.66. The number of imidazole rings is 1. The van der Waals surface area contributed by atoms with Gasteiger partial charge in [0.2, 0.25) is 5.95 Å². The molecule has 3 heterocycles. The summed E-state index contributed by atoms with van der Waals surface area (Å²) in [6, 6.07) is 4.23. The lowest BCUT2D eigenvalue weighted by Gasteiger charge is -2.27. The second-order valence-corrected chi connectivity index (χ2v) is 4.11. The monoisotopic (exact) mass is 246 g/mol. The van der Waals surface area contributed by atoms with E-state index in [-0.39, 0.29) is 11.6 Å². The molecule has 0 aromatic carbocycles. The Kier molecular flexibility index (Phi) is 2.55. The molecular weight excluding hydrogens is 235 g/mol. The number of nitrogens with zero attached hydrogens (tertiary/aromatic N) is 4. The van der Waals surface area contributed by atoms with E-state index in [4.69, 9.17) is 0 Å². The largest absolute Gasteiger partial charge is 0.332 e. The van der Waals surface area contributed by atoms with Gasteiger partial charge in [-0.25, -0.2) is 9.97 Å². The van der Waals surface area contributed by atoms with Crippen molar-refractivity contribution in [1.82, 2.24) is 19.4 Å². The van der Waals surface area contributed by atoms with Crippen molar-refractivity contribution >= 4 is 5.91 Å². The average molecular weight is 246 g/mol. The zero-order valence-electron chi connectivity index (χ0n) is 9.58. The van der Waals surface area contributed by atoms with Crippen LogP contribution in [0.25, 0.3) is 0 Å². The molecule has 0 saturated carbocycles. The van der Waals surface area contributed by atoms with Crippen molar-refractivity contribution in [3.05, 3.63) is 48.1 Å². The first-order chi connectivity index (χ1) is 8.74. The minimum absolute atomic E-state index is 0.134. The highest BCUT2D eigenvalue weighted by molar-refractivity contribution is 5.92. The van der Waals surface area contributed by atoms with Crippen molar-refractivity contribution in [2.45, 2.75) is 13.1 Å². The van der Waals surface area contributed by atoms with Gasteiger partial charge in [-0.05, 0) is 12.1 Å². The Morgan fingerprint density at radius 2 is 2.22 bits per heavy atom. The van der Waals surface area contributed by atoms with E-state index in [1.807, 2.05) is 10.8 Å². The quantitative estimate of drug-likeness (QED) is 0.707. The zero-order chi connectivity index (χ0) is 12.5. The number of carbonyl (C=O) groups is 1. The van der Waals surface area contributed by atoms with Crippen LogP contribution in [0.4, 0.5) is 4.39 Å². The first-order valence-corrected chi connectivity index (χ1v) is 5.66. The van der Waals surface area contributed by atoms with Crippen LogP contribution >= 0.6 is 0 Å². The van der Waals surface area contributed by atoms with Gasteiger partial charge in [0.25, 0.3) is 5.91 Å². The summed E-state index contributed by atoms with van der Waals surface area (Å²) in [7, 11) is 0. The molecule has 0 radical (unpaired) electrons. The number of hydrogen-bond acceptors (Lipinski definition) is 3. The van der Waals surface area contributed by atoms with E-state index >= 15 is 0 Å². The van der Waals surface area contributed by atoms with Gasteiger partial charge in [-0.15, -0.1) is 0 Å². The molecule has 0 atom stereocenters. The SMILES string of the molecule is O=C(c1cccc(F)n1)N1CCn2ccnc2C1. The lowest BCUT2D eigenvalue weighted by Crippen LogP contribution is -2.38. The number of aromatic nitrogens is 3. The van der Waals surface area contributed by atoms with Crippen LogP contribution in [0.2, 0.25) is 0 Å². The number of fused-ring (bicyclic) bond motifs is 1. The van der Waals surface area contributed by atoms with Crippen LogP contribution in [-0.4, -0.2) is 31.9 Å². The van der Waals surface area contributed by atoms with Gasteiger partial charge in [0, 0.05) is 25.5 Å². The summed E-state index contributed by atoms with van der Waals surface area (Å²) >= 11 is 0. The van der Waals surface area contributed by atoms with Crippen molar-refractivity contribution in [3.63, 3.8) is 0 Å². The van der Waals surface area contributed by atoms with Gasteiger partial charge < -0.3 is 9.47 Å². The Morgan fingerprint density at radius 1 is 1.33 bits per heavy atom. The maximum Gasteiger partial charge on any atom is 0.273 e. The maximum absolute atomic E-state index is 13.0. The third-order valence-corrected chi connectivity index (χ3v) is 2.97. The summed E-state index contributed by atoms with van der Waals surface area (Å²) in [5.41, 5.74) is 0.134. The molecule has 0 N–H and O–H groups in total. The van der Waals surface area contributed by atoms with Crippen molar-refractivity contribution in [2.75, 3.05) is 6.54 Å². The fourth-order valence-corrected chi connectivity index (χ4v) is 2.04. The zero-order valence-corrected chi connectivity index (χ0v) is 9.58. The van der Waals surface area contributed by atoms with Crippen molar-refractivity contribution in [1.29, 1.82) is 0 Å². The third-order valence-electron chi connectivity index (χ3n) is 2.97. The smallest absolute Gasteiger partial charge is 0.273 e. The van der Waals surface area contributed by atoms with Crippen LogP contribution < -0.4 is 0 Å². The predicted molar refractivity (Wildman–Crippen MR) is 61.2 cm³/mol. The second kappa shape index (κ2) is 4.21. The summed E-state index contributed by atoms with van der Waals surface area (Å²) in [6.45, 7) is 1.72. The van der Waals surface area contributed by atoms with E-state index in [0.717, 1.165) is 5.82 Å². The minimum Gasteiger partial charge on any atom is -0.332 e. The molecule has 2 aromatic heterocycles. The summed E-state index contributed by atoms with van der Waals surface area (Å²) in [6.07, 6.45) is 3.60. The van der Waals surface area contributed by atoms with E-state index in [1.165, 1.54) is 18.2 Å². The Hall–Kier alpha value is -2.24. The average Bonchev–Trinajstić information content (AvgIpc) is 2.85. The molecule has 0 bridgehead atoms. The van der Waals surface area contributed by atoms with Crippen LogP contribution in [-0.2, 0) is 13.1 Å². The van der Waals surface area contributed by atoms with E-state index < -0.39 is 5.95 Å². The van der Waals surface area contributed by atoms with E-state index in [0.29, 0.717) is 19.6 Å². The number of amides is 1. The molecular formula is C12H11FN4O. The fraction of sp³-hybridized carbons (Fsp3) is 0.250. The first kappa shape index (κ1) is 10.9. The highest BCUT2D eigenvalue weighted by Gasteiger charge is 2.23. The van der Waals surface area contributed by atoms with Crippen LogP contribution in [0.3, 0.4) is 0 Å². The molecule has 92 valence electrons. The van der Waals surface area contributed by atoms with Crippen molar-refractivity contribution in [3.8, 4) is 0 Å². The van der Waals surface area contributed by atoms with Gasteiger partial charge in [-0.3, -0.25) is 4.79 Å². The fourth-order valence-electron chi connectivity index (χ4n) is 2.04. The minimum atomic E-state index is -0.639. The normalized spacial score (nSPS) is 14.4. The van der Waals surface area contributed by atoms with Gasteiger partial charge in [-0.1, -0.05) is 6.07 Å². The molecule has 0 unspecified atom stereocenters.